The van der Waals surface area contributed by atoms with Gasteiger partial charge in [-0.15, -0.1) is 0 Å². The summed E-state index contributed by atoms with van der Waals surface area (Å²) in [6, 6.07) is 7.66. The molecule has 1 amide bonds. The van der Waals surface area contributed by atoms with Crippen LogP contribution in [0, 0.1) is 0 Å². The summed E-state index contributed by atoms with van der Waals surface area (Å²) in [7, 11) is 1.65. The second-order valence-electron chi connectivity index (χ2n) is 5.50. The fourth-order valence-electron chi connectivity index (χ4n) is 1.83. The van der Waals surface area contributed by atoms with Gasteiger partial charge < -0.3 is 15.4 Å². The maximum absolute atomic E-state index is 11.9. The third kappa shape index (κ3) is 3.96. The minimum Gasteiger partial charge on any atom is -0.497 e. The Morgan fingerprint density at radius 1 is 1.37 bits per heavy atom. The smallest absolute Gasteiger partial charge is 0.237 e. The Bertz CT molecular complexity index is 438. The summed E-state index contributed by atoms with van der Waals surface area (Å²) >= 11 is 0. The van der Waals surface area contributed by atoms with Crippen molar-refractivity contribution < 1.29 is 9.53 Å². The van der Waals surface area contributed by atoms with Crippen molar-refractivity contribution in [2.45, 2.75) is 44.8 Å². The van der Waals surface area contributed by atoms with Crippen molar-refractivity contribution in [3.63, 3.8) is 0 Å². The van der Waals surface area contributed by atoms with Crippen LogP contribution >= 0.6 is 0 Å². The first-order valence-electron chi connectivity index (χ1n) is 6.71. The highest BCUT2D eigenvalue weighted by molar-refractivity contribution is 5.82. The molecule has 0 bridgehead atoms. The van der Waals surface area contributed by atoms with Crippen LogP contribution in [0.5, 0.6) is 5.75 Å². The molecule has 1 saturated carbocycles. The van der Waals surface area contributed by atoms with Crippen LogP contribution in [0.4, 0.5) is 0 Å². The van der Waals surface area contributed by atoms with E-state index in [0.717, 1.165) is 24.2 Å². The summed E-state index contributed by atoms with van der Waals surface area (Å²) in [5, 5.41) is 6.30. The Kier molecular flexibility index (Phi) is 4.10. The number of carbonyl (C=O) groups is 1. The summed E-state index contributed by atoms with van der Waals surface area (Å²) in [4.78, 5) is 11.9. The van der Waals surface area contributed by atoms with Gasteiger partial charge in [0, 0.05) is 12.1 Å². The maximum Gasteiger partial charge on any atom is 0.237 e. The lowest BCUT2D eigenvalue weighted by Crippen LogP contribution is -2.46. The van der Waals surface area contributed by atoms with E-state index in [1.165, 1.54) is 0 Å². The van der Waals surface area contributed by atoms with Crippen LogP contribution in [0.15, 0.2) is 24.3 Å². The molecule has 1 atom stereocenters. The average molecular weight is 262 g/mol. The second kappa shape index (κ2) is 5.61. The normalized spacial score (nSPS) is 17.6. The minimum absolute atomic E-state index is 0.0487. The first-order valence-corrected chi connectivity index (χ1v) is 6.71. The molecule has 1 fully saturated rings. The van der Waals surface area contributed by atoms with E-state index in [-0.39, 0.29) is 17.5 Å². The molecule has 19 heavy (non-hydrogen) atoms. The van der Waals surface area contributed by atoms with Gasteiger partial charge in [0.2, 0.25) is 5.91 Å². The molecule has 1 aromatic carbocycles. The largest absolute Gasteiger partial charge is 0.497 e. The number of benzene rings is 1. The number of carbonyl (C=O) groups excluding carboxylic acids is 1. The molecule has 1 aliphatic rings. The molecule has 1 aliphatic carbocycles. The zero-order valence-corrected chi connectivity index (χ0v) is 11.8. The number of amides is 1. The van der Waals surface area contributed by atoms with E-state index in [0.29, 0.717) is 6.54 Å². The molecule has 2 N–H and O–H groups in total. The molecule has 0 unspecified atom stereocenters. The summed E-state index contributed by atoms with van der Waals surface area (Å²) in [5.41, 5.74) is 1.19. The van der Waals surface area contributed by atoms with Crippen molar-refractivity contribution in [1.82, 2.24) is 10.6 Å². The molecule has 0 saturated heterocycles. The van der Waals surface area contributed by atoms with Crippen LogP contribution in [0.25, 0.3) is 0 Å². The number of hydrogen-bond acceptors (Lipinski definition) is 3. The maximum atomic E-state index is 11.9. The van der Waals surface area contributed by atoms with Crippen molar-refractivity contribution in [1.29, 1.82) is 0 Å². The van der Waals surface area contributed by atoms with Gasteiger partial charge in [0.15, 0.2) is 0 Å². The highest BCUT2D eigenvalue weighted by Crippen LogP contribution is 2.34. The van der Waals surface area contributed by atoms with Gasteiger partial charge in [-0.2, -0.15) is 0 Å². The predicted octanol–water partition coefficient (Wildman–Crippen LogP) is 1.84. The van der Waals surface area contributed by atoms with E-state index in [1.54, 1.807) is 7.11 Å². The van der Waals surface area contributed by atoms with Gasteiger partial charge in [-0.05, 0) is 44.4 Å². The zero-order valence-electron chi connectivity index (χ0n) is 11.8. The van der Waals surface area contributed by atoms with Gasteiger partial charge in [0.05, 0.1) is 13.2 Å². The molecule has 104 valence electrons. The average Bonchev–Trinajstić information content (AvgIpc) is 3.13. The number of nitrogens with one attached hydrogen (secondary N) is 2. The van der Waals surface area contributed by atoms with Crippen molar-refractivity contribution in [2.75, 3.05) is 7.11 Å². The Morgan fingerprint density at radius 3 is 2.53 bits per heavy atom. The fourth-order valence-corrected chi connectivity index (χ4v) is 1.83. The lowest BCUT2D eigenvalue weighted by Gasteiger charge is -2.17. The van der Waals surface area contributed by atoms with Crippen LogP contribution < -0.4 is 15.4 Å². The van der Waals surface area contributed by atoms with Gasteiger partial charge in [0.1, 0.15) is 5.75 Å². The Labute approximate surface area is 114 Å². The van der Waals surface area contributed by atoms with Crippen molar-refractivity contribution in [2.24, 2.45) is 0 Å². The Balaban J connectivity index is 1.78. The molecule has 4 heteroatoms. The third-order valence-electron chi connectivity index (χ3n) is 3.59. The van der Waals surface area contributed by atoms with Crippen molar-refractivity contribution in [3.05, 3.63) is 29.8 Å². The summed E-state index contributed by atoms with van der Waals surface area (Å²) < 4.78 is 5.11. The van der Waals surface area contributed by atoms with Crippen LogP contribution in [0.1, 0.15) is 32.3 Å². The Hall–Kier alpha value is -1.55. The second-order valence-corrected chi connectivity index (χ2v) is 5.50. The lowest BCUT2D eigenvalue weighted by molar-refractivity contribution is -0.123. The highest BCUT2D eigenvalue weighted by Gasteiger charge is 2.39. The lowest BCUT2D eigenvalue weighted by atomic mass is 10.2. The van der Waals surface area contributed by atoms with E-state index in [1.807, 2.05) is 31.2 Å². The Morgan fingerprint density at radius 2 is 2.00 bits per heavy atom. The van der Waals surface area contributed by atoms with Gasteiger partial charge in [-0.1, -0.05) is 12.1 Å². The van der Waals surface area contributed by atoms with Crippen LogP contribution in [0.2, 0.25) is 0 Å². The number of methoxy groups -OCH3 is 1. The molecule has 1 aromatic rings. The zero-order chi connectivity index (χ0) is 13.9. The van der Waals surface area contributed by atoms with Gasteiger partial charge in [-0.25, -0.2) is 0 Å². The molecule has 0 spiro atoms. The van der Waals surface area contributed by atoms with Crippen LogP contribution in [-0.2, 0) is 11.3 Å². The van der Waals surface area contributed by atoms with E-state index < -0.39 is 0 Å². The molecule has 2 rings (SSSR count). The van der Waals surface area contributed by atoms with Crippen LogP contribution in [0.3, 0.4) is 0 Å². The van der Waals surface area contributed by atoms with E-state index in [9.17, 15) is 4.79 Å². The number of hydrogen-bond donors (Lipinski definition) is 2. The molecule has 0 radical (unpaired) electrons. The predicted molar refractivity (Wildman–Crippen MR) is 75.1 cm³/mol. The first-order chi connectivity index (χ1) is 9.02. The standard InChI is InChI=1S/C15H22N2O2/c1-11(14(18)17-15(2)8-9-15)16-10-12-4-6-13(19-3)7-5-12/h4-7,11,16H,8-10H2,1-3H3,(H,17,18)/t11-/m0/s1. The van der Waals surface area contributed by atoms with E-state index >= 15 is 0 Å². The molecule has 4 nitrogen and oxygen atoms in total. The monoisotopic (exact) mass is 262 g/mol. The fraction of sp³-hybridized carbons (Fsp3) is 0.533. The van der Waals surface area contributed by atoms with Crippen molar-refractivity contribution >= 4 is 5.91 Å². The molecule has 0 aromatic heterocycles. The summed E-state index contributed by atoms with van der Waals surface area (Å²) in [6.45, 7) is 4.65. The summed E-state index contributed by atoms with van der Waals surface area (Å²) in [5.74, 6) is 0.921. The van der Waals surface area contributed by atoms with E-state index in [2.05, 4.69) is 17.6 Å². The highest BCUT2D eigenvalue weighted by atomic mass is 16.5. The molecule has 0 aliphatic heterocycles. The van der Waals surface area contributed by atoms with E-state index in [4.69, 9.17) is 4.74 Å². The molecule has 0 heterocycles. The van der Waals surface area contributed by atoms with Gasteiger partial charge in [0.25, 0.3) is 0 Å². The van der Waals surface area contributed by atoms with Gasteiger partial charge >= 0.3 is 0 Å². The molecular formula is C15H22N2O2. The number of rotatable bonds is 6. The first kappa shape index (κ1) is 13.9. The van der Waals surface area contributed by atoms with Crippen LogP contribution in [-0.4, -0.2) is 24.6 Å². The van der Waals surface area contributed by atoms with Gasteiger partial charge in [-0.3, -0.25) is 4.79 Å². The van der Waals surface area contributed by atoms with Crippen molar-refractivity contribution in [3.8, 4) is 5.75 Å². The third-order valence-corrected chi connectivity index (χ3v) is 3.59. The minimum atomic E-state index is -0.181. The molecular weight excluding hydrogens is 240 g/mol. The number of ether oxygens (including phenoxy) is 1. The quantitative estimate of drug-likeness (QED) is 0.822. The topological polar surface area (TPSA) is 50.4 Å². The summed E-state index contributed by atoms with van der Waals surface area (Å²) in [6.07, 6.45) is 2.17. The SMILES string of the molecule is COc1ccc(CN[C@@H](C)C(=O)NC2(C)CC2)cc1.